The predicted molar refractivity (Wildman–Crippen MR) is 138 cm³/mol. The van der Waals surface area contributed by atoms with Crippen molar-refractivity contribution in [3.05, 3.63) is 104 Å². The second-order valence-electron chi connectivity index (χ2n) is 8.51. The van der Waals surface area contributed by atoms with Crippen LogP contribution in [-0.4, -0.2) is 56.8 Å². The van der Waals surface area contributed by atoms with E-state index in [-0.39, 0.29) is 18.1 Å². The number of aliphatic hydroxyl groups excluding tert-OH is 2. The van der Waals surface area contributed by atoms with E-state index in [0.29, 0.717) is 0 Å². The highest BCUT2D eigenvalue weighted by Crippen LogP contribution is 2.40. The van der Waals surface area contributed by atoms with Gasteiger partial charge >= 0.3 is 19.8 Å². The number of esters is 1. The summed E-state index contributed by atoms with van der Waals surface area (Å²) >= 11 is 0. The molecule has 1 aliphatic heterocycles. The third kappa shape index (κ3) is 7.15. The highest BCUT2D eigenvalue weighted by molar-refractivity contribution is 7.34. The molecule has 0 bridgehead atoms. The van der Waals surface area contributed by atoms with E-state index in [1.807, 2.05) is 11.1 Å². The predicted octanol–water partition coefficient (Wildman–Crippen LogP) is 0.851. The Bertz CT molecular complexity index is 1570. The van der Waals surface area contributed by atoms with Crippen LogP contribution in [0.15, 0.2) is 86.3 Å². The Balaban J connectivity index is 1.43. The van der Waals surface area contributed by atoms with Crippen LogP contribution in [0.5, 0.6) is 11.5 Å². The molecule has 0 saturated carbocycles. The lowest BCUT2D eigenvalue weighted by Gasteiger charge is -2.26. The summed E-state index contributed by atoms with van der Waals surface area (Å²) in [4.78, 5) is 52.6. The van der Waals surface area contributed by atoms with Crippen molar-refractivity contribution in [3.63, 3.8) is 0 Å². The fourth-order valence-electron chi connectivity index (χ4n) is 3.77. The summed E-state index contributed by atoms with van der Waals surface area (Å²) in [5, 5.41) is 24.7. The molecule has 5 atom stereocenters. The highest BCUT2D eigenvalue weighted by Gasteiger charge is 2.56. The molecule has 2 aromatic carbocycles. The van der Waals surface area contributed by atoms with Gasteiger partial charge in [-0.15, -0.1) is 0 Å². The summed E-state index contributed by atoms with van der Waals surface area (Å²) in [5.74, 6) is -0.837. The van der Waals surface area contributed by atoms with E-state index in [4.69, 9.17) is 24.3 Å². The van der Waals surface area contributed by atoms with Crippen LogP contribution in [-0.2, 0) is 20.9 Å². The number of aromatic nitrogens is 2. The topological polar surface area (TPSA) is 233 Å². The third-order valence-electron chi connectivity index (χ3n) is 5.76. The SMILES string of the molecule is [N-]=[N+]=N[C@]1(COc2ccccc2O[P+]([O-])=NCC(=O)OCc2ccccc2)O[C@@H](n2ccc(=O)[nH]c2=O)[C@H](O)[C@@H]1O. The number of rotatable bonds is 11. The molecular formula is C24H23N6O10P. The molecule has 3 N–H and O–H groups in total. The van der Waals surface area contributed by atoms with E-state index in [1.54, 1.807) is 24.3 Å². The maximum absolute atomic E-state index is 12.4. The van der Waals surface area contributed by atoms with E-state index in [1.165, 1.54) is 24.3 Å². The minimum atomic E-state index is -2.75. The molecule has 0 radical (unpaired) electrons. The van der Waals surface area contributed by atoms with Gasteiger partial charge in [-0.25, -0.2) is 9.59 Å². The molecule has 2 heterocycles. The van der Waals surface area contributed by atoms with Gasteiger partial charge in [0.2, 0.25) is 11.5 Å². The summed E-state index contributed by atoms with van der Waals surface area (Å²) in [6, 6.07) is 15.8. The van der Waals surface area contributed by atoms with Crippen LogP contribution in [0.2, 0.25) is 0 Å². The first-order chi connectivity index (χ1) is 19.7. The fourth-order valence-corrected chi connectivity index (χ4v) is 4.37. The first kappa shape index (κ1) is 29.4. The van der Waals surface area contributed by atoms with Gasteiger partial charge in [0.05, 0.1) is 0 Å². The van der Waals surface area contributed by atoms with Gasteiger partial charge in [-0.3, -0.25) is 18.9 Å². The average molecular weight is 586 g/mol. The maximum Gasteiger partial charge on any atom is 0.395 e. The van der Waals surface area contributed by atoms with E-state index in [9.17, 15) is 29.5 Å². The summed E-state index contributed by atoms with van der Waals surface area (Å²) in [7, 11) is -2.75. The number of aliphatic hydroxyl groups is 2. The average Bonchev–Trinajstić information content (AvgIpc) is 3.20. The van der Waals surface area contributed by atoms with E-state index < -0.39 is 62.7 Å². The Kier molecular flexibility index (Phi) is 9.47. The molecule has 3 aromatic rings. The Hall–Kier alpha value is -4.56. The standard InChI is InChI=1S/C24H23N6O10P/c25-29-28-24(21(34)20(33)22(39-24)30-11-10-18(31)27-23(30)35)14-38-16-8-4-5-9-17(16)40-41(36)26-12-19(32)37-13-15-6-2-1-3-7-15/h1-11,20-22,33-34H,12-14H2,(H,27,31,35)/t20-,21+,22-,24-/m1/s1. The van der Waals surface area contributed by atoms with Gasteiger partial charge in [-0.05, 0) is 23.2 Å². The van der Waals surface area contributed by atoms with Gasteiger partial charge in [0, 0.05) is 17.2 Å². The van der Waals surface area contributed by atoms with Gasteiger partial charge in [0.15, 0.2) is 18.5 Å². The molecule has 0 spiro atoms. The number of carbonyl (C=O) groups excluding carboxylic acids is 1. The van der Waals surface area contributed by atoms with Gasteiger partial charge in [0.25, 0.3) is 5.56 Å². The molecule has 1 aliphatic rings. The number of nitrogens with one attached hydrogen (secondary N) is 1. The first-order valence-corrected chi connectivity index (χ1v) is 13.0. The Morgan fingerprint density at radius 2 is 1.85 bits per heavy atom. The molecule has 16 nitrogen and oxygen atoms in total. The number of carbonyl (C=O) groups is 1. The van der Waals surface area contributed by atoms with Gasteiger partial charge in [0.1, 0.15) is 25.4 Å². The van der Waals surface area contributed by atoms with Crippen LogP contribution < -0.4 is 25.4 Å². The minimum absolute atomic E-state index is 0.0246. The van der Waals surface area contributed by atoms with Crippen LogP contribution in [0.1, 0.15) is 11.8 Å². The molecule has 0 amide bonds. The number of azide groups is 1. The van der Waals surface area contributed by atoms with Crippen LogP contribution in [0.25, 0.3) is 10.4 Å². The molecule has 1 unspecified atom stereocenters. The maximum atomic E-state index is 12.4. The summed E-state index contributed by atoms with van der Waals surface area (Å²) < 4.78 is 26.1. The zero-order valence-electron chi connectivity index (χ0n) is 21.0. The van der Waals surface area contributed by atoms with Crippen molar-refractivity contribution >= 4 is 14.1 Å². The van der Waals surface area contributed by atoms with Gasteiger partial charge in [-0.2, -0.15) is 0 Å². The minimum Gasteiger partial charge on any atom is -0.575 e. The van der Waals surface area contributed by atoms with Crippen molar-refractivity contribution in [1.29, 1.82) is 0 Å². The third-order valence-corrected chi connectivity index (χ3v) is 6.49. The van der Waals surface area contributed by atoms with Crippen LogP contribution in [0.3, 0.4) is 0 Å². The van der Waals surface area contributed by atoms with Crippen molar-refractivity contribution in [2.45, 2.75) is 30.8 Å². The lowest BCUT2D eigenvalue weighted by Crippen LogP contribution is -2.46. The van der Waals surface area contributed by atoms with E-state index in [2.05, 4.69) is 14.8 Å². The van der Waals surface area contributed by atoms with Crippen molar-refractivity contribution < 1.29 is 38.6 Å². The van der Waals surface area contributed by atoms with E-state index in [0.717, 1.165) is 22.4 Å². The summed E-state index contributed by atoms with van der Waals surface area (Å²) in [5.41, 5.74) is 6.02. The van der Waals surface area contributed by atoms with Crippen molar-refractivity contribution in [2.24, 2.45) is 9.86 Å². The number of hydrogen-bond acceptors (Lipinski definition) is 12. The zero-order chi connectivity index (χ0) is 29.4. The van der Waals surface area contributed by atoms with Gasteiger partial charge in [-0.1, -0.05) is 52.3 Å². The smallest absolute Gasteiger partial charge is 0.395 e. The Morgan fingerprint density at radius 3 is 2.56 bits per heavy atom. The number of H-pyrrole nitrogens is 1. The molecule has 41 heavy (non-hydrogen) atoms. The first-order valence-electron chi connectivity index (χ1n) is 11.9. The Labute approximate surface area is 231 Å². The highest BCUT2D eigenvalue weighted by atomic mass is 31.1. The zero-order valence-corrected chi connectivity index (χ0v) is 21.9. The molecular weight excluding hydrogens is 563 g/mol. The van der Waals surface area contributed by atoms with Crippen molar-refractivity contribution in [1.82, 2.24) is 9.55 Å². The van der Waals surface area contributed by atoms with Crippen molar-refractivity contribution in [3.8, 4) is 11.5 Å². The molecule has 214 valence electrons. The normalized spacial score (nSPS) is 22.0. The van der Waals surface area contributed by atoms with Crippen LogP contribution in [0.4, 0.5) is 0 Å². The van der Waals surface area contributed by atoms with E-state index >= 15 is 0 Å². The molecule has 4 rings (SSSR count). The summed E-state index contributed by atoms with van der Waals surface area (Å²) in [6.07, 6.45) is -4.15. The molecule has 17 heteroatoms. The second-order valence-corrected chi connectivity index (χ2v) is 9.45. The molecule has 1 fully saturated rings. The molecule has 0 aliphatic carbocycles. The van der Waals surface area contributed by atoms with Crippen LogP contribution >= 0.6 is 8.17 Å². The lowest BCUT2D eigenvalue weighted by atomic mass is 10.1. The number of hydrogen-bond donors (Lipinski definition) is 3. The largest absolute Gasteiger partial charge is 0.575 e. The lowest BCUT2D eigenvalue weighted by molar-refractivity contribution is -0.169. The number of nitrogens with zero attached hydrogens (tertiary/aromatic N) is 5. The quantitative estimate of drug-likeness (QED) is 0.0942. The summed E-state index contributed by atoms with van der Waals surface area (Å²) in [6.45, 7) is -1.20. The monoisotopic (exact) mass is 586 g/mol. The Morgan fingerprint density at radius 1 is 1.15 bits per heavy atom. The number of benzene rings is 2. The van der Waals surface area contributed by atoms with Crippen LogP contribution in [0, 0.1) is 0 Å². The fraction of sp³-hybridized carbons (Fsp3) is 0.292. The molecule has 1 saturated heterocycles. The van der Waals surface area contributed by atoms with Crippen molar-refractivity contribution in [2.75, 3.05) is 13.2 Å². The van der Waals surface area contributed by atoms with Gasteiger partial charge < -0.3 is 29.3 Å². The number of para-hydroxylation sites is 2. The number of ether oxygens (including phenoxy) is 3. The second kappa shape index (κ2) is 13.2. The number of aromatic amines is 1. The molecule has 1 aromatic heterocycles.